The van der Waals surface area contributed by atoms with Crippen molar-refractivity contribution in [3.8, 4) is 0 Å². The van der Waals surface area contributed by atoms with E-state index in [1.165, 1.54) is 16.7 Å². The molecule has 0 bridgehead atoms. The summed E-state index contributed by atoms with van der Waals surface area (Å²) in [7, 11) is 0. The van der Waals surface area contributed by atoms with Crippen LogP contribution >= 0.6 is 0 Å². The zero-order valence-electron chi connectivity index (χ0n) is 11.5. The summed E-state index contributed by atoms with van der Waals surface area (Å²) in [5.41, 5.74) is 4.20. The molecule has 0 saturated carbocycles. The quantitative estimate of drug-likeness (QED) is 0.803. The van der Waals surface area contributed by atoms with E-state index in [4.69, 9.17) is 4.74 Å². The first-order valence-corrected chi connectivity index (χ1v) is 6.83. The second-order valence-corrected chi connectivity index (χ2v) is 4.99. The third-order valence-electron chi connectivity index (χ3n) is 3.74. The molecule has 0 amide bonds. The van der Waals surface area contributed by atoms with Gasteiger partial charge in [0.1, 0.15) is 0 Å². The zero-order valence-corrected chi connectivity index (χ0v) is 11.5. The minimum Gasteiger partial charge on any atom is -0.379 e. The van der Waals surface area contributed by atoms with Crippen LogP contribution in [0.15, 0.2) is 18.2 Å². The molecule has 0 atom stereocenters. The number of nitrogens with zero attached hydrogens (tertiary/aromatic N) is 1. The number of nitrogens with one attached hydrogen (secondary N) is 1. The molecular formula is C15H24N2O. The van der Waals surface area contributed by atoms with Gasteiger partial charge in [-0.2, -0.15) is 0 Å². The van der Waals surface area contributed by atoms with E-state index < -0.39 is 0 Å². The lowest BCUT2D eigenvalue weighted by atomic mass is 10.0. The first-order chi connectivity index (χ1) is 8.77. The first-order valence-electron chi connectivity index (χ1n) is 6.83. The minimum absolute atomic E-state index is 0.886. The lowest BCUT2D eigenvalue weighted by molar-refractivity contribution is 0.0384. The summed E-state index contributed by atoms with van der Waals surface area (Å²) in [6.07, 6.45) is 0. The molecule has 1 fully saturated rings. The number of hydrogen-bond donors (Lipinski definition) is 1. The molecule has 0 radical (unpaired) electrons. The fourth-order valence-electron chi connectivity index (χ4n) is 2.29. The Labute approximate surface area is 110 Å². The van der Waals surface area contributed by atoms with Crippen molar-refractivity contribution in [3.63, 3.8) is 0 Å². The second kappa shape index (κ2) is 6.88. The smallest absolute Gasteiger partial charge is 0.0594 e. The maximum atomic E-state index is 5.34. The summed E-state index contributed by atoms with van der Waals surface area (Å²) in [5, 5.41) is 3.53. The van der Waals surface area contributed by atoms with Crippen molar-refractivity contribution in [2.24, 2.45) is 0 Å². The number of rotatable bonds is 5. The fraction of sp³-hybridized carbons (Fsp3) is 0.600. The maximum absolute atomic E-state index is 5.34. The molecular weight excluding hydrogens is 224 g/mol. The van der Waals surface area contributed by atoms with E-state index in [1.54, 1.807) is 0 Å². The van der Waals surface area contributed by atoms with E-state index in [0.29, 0.717) is 0 Å². The lowest BCUT2D eigenvalue weighted by Gasteiger charge is -2.26. The number of ether oxygens (including phenoxy) is 1. The first kappa shape index (κ1) is 13.5. The van der Waals surface area contributed by atoms with Gasteiger partial charge >= 0.3 is 0 Å². The van der Waals surface area contributed by atoms with Gasteiger partial charge in [0.2, 0.25) is 0 Å². The van der Waals surface area contributed by atoms with Crippen molar-refractivity contribution < 1.29 is 4.74 Å². The largest absolute Gasteiger partial charge is 0.379 e. The van der Waals surface area contributed by atoms with Gasteiger partial charge in [0.05, 0.1) is 13.2 Å². The topological polar surface area (TPSA) is 24.5 Å². The highest BCUT2D eigenvalue weighted by Crippen LogP contribution is 2.12. The van der Waals surface area contributed by atoms with E-state index in [0.717, 1.165) is 45.9 Å². The summed E-state index contributed by atoms with van der Waals surface area (Å²) >= 11 is 0. The average molecular weight is 248 g/mol. The highest BCUT2D eigenvalue weighted by Gasteiger charge is 2.09. The van der Waals surface area contributed by atoms with Crippen LogP contribution in [0.5, 0.6) is 0 Å². The van der Waals surface area contributed by atoms with Gasteiger partial charge in [0.15, 0.2) is 0 Å². The number of benzene rings is 1. The van der Waals surface area contributed by atoms with Crippen LogP contribution in [-0.2, 0) is 11.3 Å². The third kappa shape index (κ3) is 3.80. The summed E-state index contributed by atoms with van der Waals surface area (Å²) in [4.78, 5) is 2.46. The van der Waals surface area contributed by atoms with Gasteiger partial charge < -0.3 is 10.1 Å². The van der Waals surface area contributed by atoms with Crippen molar-refractivity contribution >= 4 is 0 Å². The van der Waals surface area contributed by atoms with Crippen LogP contribution in [0.25, 0.3) is 0 Å². The normalized spacial score (nSPS) is 17.0. The molecule has 1 N–H and O–H groups in total. The van der Waals surface area contributed by atoms with Crippen molar-refractivity contribution in [2.75, 3.05) is 39.4 Å². The molecule has 0 aromatic heterocycles. The Morgan fingerprint density at radius 1 is 1.22 bits per heavy atom. The number of hydrogen-bond acceptors (Lipinski definition) is 3. The van der Waals surface area contributed by atoms with E-state index in [2.05, 4.69) is 42.3 Å². The van der Waals surface area contributed by atoms with Crippen LogP contribution in [0.1, 0.15) is 16.7 Å². The fourth-order valence-corrected chi connectivity index (χ4v) is 2.29. The van der Waals surface area contributed by atoms with E-state index in [9.17, 15) is 0 Å². The van der Waals surface area contributed by atoms with Gasteiger partial charge in [-0.05, 0) is 30.5 Å². The molecule has 1 aromatic rings. The molecule has 1 heterocycles. The standard InChI is InChI=1S/C15H24N2O/c1-13-4-3-5-15(14(13)2)12-16-6-7-17-8-10-18-11-9-17/h3-5,16H,6-12H2,1-2H3. The molecule has 3 nitrogen and oxygen atoms in total. The second-order valence-electron chi connectivity index (χ2n) is 4.99. The molecule has 100 valence electrons. The molecule has 3 heteroatoms. The van der Waals surface area contributed by atoms with Gasteiger partial charge in [0, 0.05) is 32.7 Å². The van der Waals surface area contributed by atoms with Gasteiger partial charge in [-0.3, -0.25) is 4.90 Å². The maximum Gasteiger partial charge on any atom is 0.0594 e. The predicted molar refractivity (Wildman–Crippen MR) is 74.9 cm³/mol. The van der Waals surface area contributed by atoms with Gasteiger partial charge in [0.25, 0.3) is 0 Å². The SMILES string of the molecule is Cc1cccc(CNCCN2CCOCC2)c1C. The number of morpholine rings is 1. The highest BCUT2D eigenvalue weighted by molar-refractivity contribution is 5.32. The van der Waals surface area contributed by atoms with E-state index in [-0.39, 0.29) is 0 Å². The highest BCUT2D eigenvalue weighted by atomic mass is 16.5. The van der Waals surface area contributed by atoms with Crippen molar-refractivity contribution in [1.29, 1.82) is 0 Å². The van der Waals surface area contributed by atoms with Crippen LogP contribution < -0.4 is 5.32 Å². The van der Waals surface area contributed by atoms with Crippen LogP contribution in [0.4, 0.5) is 0 Å². The Morgan fingerprint density at radius 3 is 2.78 bits per heavy atom. The Kier molecular flexibility index (Phi) is 5.17. The number of aryl methyl sites for hydroxylation is 1. The van der Waals surface area contributed by atoms with E-state index >= 15 is 0 Å². The predicted octanol–water partition coefficient (Wildman–Crippen LogP) is 1.73. The Bertz CT molecular complexity index is 373. The van der Waals surface area contributed by atoms with Crippen LogP contribution in [0, 0.1) is 13.8 Å². The van der Waals surface area contributed by atoms with Crippen LogP contribution in [-0.4, -0.2) is 44.3 Å². The van der Waals surface area contributed by atoms with Crippen molar-refractivity contribution in [2.45, 2.75) is 20.4 Å². The molecule has 2 rings (SSSR count). The van der Waals surface area contributed by atoms with Gasteiger partial charge in [-0.25, -0.2) is 0 Å². The van der Waals surface area contributed by atoms with Crippen molar-refractivity contribution in [1.82, 2.24) is 10.2 Å². The average Bonchev–Trinajstić information content (AvgIpc) is 2.40. The minimum atomic E-state index is 0.886. The molecule has 1 aliphatic rings. The molecule has 0 unspecified atom stereocenters. The third-order valence-corrected chi connectivity index (χ3v) is 3.74. The molecule has 0 aliphatic carbocycles. The summed E-state index contributed by atoms with van der Waals surface area (Å²) in [6, 6.07) is 6.53. The molecule has 0 spiro atoms. The lowest BCUT2D eigenvalue weighted by Crippen LogP contribution is -2.40. The molecule has 1 saturated heterocycles. The molecule has 1 aliphatic heterocycles. The summed E-state index contributed by atoms with van der Waals surface area (Å²) in [6.45, 7) is 11.4. The van der Waals surface area contributed by atoms with Gasteiger partial charge in [-0.15, -0.1) is 0 Å². The molecule has 1 aromatic carbocycles. The summed E-state index contributed by atoms with van der Waals surface area (Å²) in [5.74, 6) is 0. The summed E-state index contributed by atoms with van der Waals surface area (Å²) < 4.78 is 5.34. The van der Waals surface area contributed by atoms with E-state index in [1.807, 2.05) is 0 Å². The Hall–Kier alpha value is -0.900. The molecule has 18 heavy (non-hydrogen) atoms. The zero-order chi connectivity index (χ0) is 12.8. The Morgan fingerprint density at radius 2 is 2.00 bits per heavy atom. The van der Waals surface area contributed by atoms with Crippen LogP contribution in [0.3, 0.4) is 0 Å². The monoisotopic (exact) mass is 248 g/mol. The van der Waals surface area contributed by atoms with Crippen molar-refractivity contribution in [3.05, 3.63) is 34.9 Å². The van der Waals surface area contributed by atoms with Crippen LogP contribution in [0.2, 0.25) is 0 Å². The van der Waals surface area contributed by atoms with Gasteiger partial charge in [-0.1, -0.05) is 18.2 Å². The Balaban J connectivity index is 1.70.